The largest absolute Gasteiger partial charge is 1.00 e. The number of hydrogen-bond donors (Lipinski definition) is 0. The molecule has 0 heterocycles. The zero-order valence-electron chi connectivity index (χ0n) is 13.0. The summed E-state index contributed by atoms with van der Waals surface area (Å²) in [6.07, 6.45) is 8.69. The Kier molecular flexibility index (Phi) is 11.5. The van der Waals surface area contributed by atoms with Crippen LogP contribution in [0.4, 0.5) is 0 Å². The van der Waals surface area contributed by atoms with Gasteiger partial charge in [-0.2, -0.15) is 6.07 Å². The van der Waals surface area contributed by atoms with Crippen LogP contribution in [0, 0.1) is 0 Å². The Morgan fingerprint density at radius 3 is 2.14 bits per heavy atom. The third-order valence-corrected chi connectivity index (χ3v) is 10.5. The van der Waals surface area contributed by atoms with Gasteiger partial charge in [-0.25, -0.2) is 0 Å². The molecule has 0 radical (unpaired) electrons. The minimum atomic E-state index is 0. The number of rotatable bonds is 3. The van der Waals surface area contributed by atoms with Crippen molar-refractivity contribution in [3.8, 4) is 0 Å². The predicted molar refractivity (Wildman–Crippen MR) is 87.3 cm³/mol. The van der Waals surface area contributed by atoms with Crippen LogP contribution in [0.5, 0.6) is 0 Å². The molecule has 0 atom stereocenters. The van der Waals surface area contributed by atoms with Crippen molar-refractivity contribution < 1.29 is 48.1 Å². The van der Waals surface area contributed by atoms with Crippen molar-refractivity contribution in [2.45, 2.75) is 31.9 Å². The molecule has 1 aliphatic carbocycles. The number of halogens is 2. The molecule has 2 aromatic rings. The molecule has 0 aromatic heterocycles. The standard InChI is InChI=1S/C14H11.C4H10Si.2ClH.Zr/c1-2-6-11(5-1)14-9-12-7-3-4-8-13(12)10-14;1-3-5-4-2;;;/h1-11H;3-4H2,1-2H3;2*1H;/q-1;;;;+2/p-2. The van der Waals surface area contributed by atoms with Crippen LogP contribution < -0.4 is 24.8 Å². The molecule has 1 aliphatic rings. The predicted octanol–water partition coefficient (Wildman–Crippen LogP) is -0.659. The first-order valence-corrected chi connectivity index (χ1v) is 12.9. The molecule has 3 rings (SSSR count). The second kappa shape index (κ2) is 11.5. The van der Waals surface area contributed by atoms with Crippen LogP contribution in [-0.2, 0) is 23.3 Å². The number of allylic oxidation sites excluding steroid dienone is 4. The maximum atomic E-state index is 2.30. The van der Waals surface area contributed by atoms with Crippen LogP contribution in [0.15, 0.2) is 60.7 Å². The Morgan fingerprint density at radius 1 is 1.05 bits per heavy atom. The van der Waals surface area contributed by atoms with Gasteiger partial charge in [0.25, 0.3) is 0 Å². The van der Waals surface area contributed by atoms with E-state index in [0.717, 1.165) is 0 Å². The number of benzene rings is 1. The molecule has 0 fully saturated rings. The molecule has 0 saturated carbocycles. The van der Waals surface area contributed by atoms with E-state index in [9.17, 15) is 0 Å². The minimum Gasteiger partial charge on any atom is -1.00 e. The average molecular weight is 428 g/mol. The molecule has 0 bridgehead atoms. The molecule has 0 amide bonds. The van der Waals surface area contributed by atoms with Crippen molar-refractivity contribution in [3.63, 3.8) is 0 Å². The van der Waals surface area contributed by atoms with Gasteiger partial charge in [0.1, 0.15) is 0 Å². The van der Waals surface area contributed by atoms with Crippen LogP contribution in [0.1, 0.15) is 25.3 Å². The van der Waals surface area contributed by atoms with Gasteiger partial charge >= 0.3 is 54.7 Å². The Hall–Kier alpha value is -0.01000. The van der Waals surface area contributed by atoms with E-state index in [1.807, 2.05) is 0 Å². The van der Waals surface area contributed by atoms with Crippen LogP contribution in [0.3, 0.4) is 0 Å². The topological polar surface area (TPSA) is 0 Å². The zero-order valence-corrected chi connectivity index (χ0v) is 18.0. The molecule has 4 heteroatoms. The molecule has 116 valence electrons. The molecule has 0 aliphatic heterocycles. The molecule has 22 heavy (non-hydrogen) atoms. The van der Waals surface area contributed by atoms with Gasteiger partial charge in [-0.1, -0.05) is 30.4 Å². The van der Waals surface area contributed by atoms with Gasteiger partial charge in [0.15, 0.2) is 0 Å². The summed E-state index contributed by atoms with van der Waals surface area (Å²) in [5, 5.41) is 2.69. The quantitative estimate of drug-likeness (QED) is 0.451. The molecule has 0 spiro atoms. The third kappa shape index (κ3) is 6.24. The van der Waals surface area contributed by atoms with E-state index in [1.54, 1.807) is 23.3 Å². The SMILES string of the molecule is C1=CC(c2cc3ccccc3[cH-]2)C=C1.CC[Si](=[Zr+2])CC.[Cl-].[Cl-]. The fourth-order valence-corrected chi connectivity index (χ4v) is 2.77. The van der Waals surface area contributed by atoms with E-state index < -0.39 is 0 Å². The second-order valence-corrected chi connectivity index (χ2v) is 12.9. The van der Waals surface area contributed by atoms with E-state index in [2.05, 4.69) is 74.5 Å². The normalized spacial score (nSPS) is 12.4. The molecule has 0 N–H and O–H groups in total. The van der Waals surface area contributed by atoms with E-state index in [-0.39, 0.29) is 30.2 Å². The van der Waals surface area contributed by atoms with Gasteiger partial charge in [0.05, 0.1) is 0 Å². The van der Waals surface area contributed by atoms with Crippen molar-refractivity contribution in [2.24, 2.45) is 0 Å². The first kappa shape index (κ1) is 22.0. The molecular formula is C18H21Cl2SiZr-. The summed E-state index contributed by atoms with van der Waals surface area (Å²) in [6.45, 7) is 4.60. The molecule has 2 aromatic carbocycles. The molecule has 0 saturated heterocycles. The third-order valence-electron chi connectivity index (χ3n) is 3.63. The fourth-order valence-electron chi connectivity index (χ4n) is 2.27. The summed E-state index contributed by atoms with van der Waals surface area (Å²) >= 11 is 1.80. The maximum Gasteiger partial charge on any atom is -1.00 e. The smallest absolute Gasteiger partial charge is 1.00 e. The number of fused-ring (bicyclic) bond motifs is 1. The summed E-state index contributed by atoms with van der Waals surface area (Å²) in [6, 6.07) is 16.0. The fraction of sp³-hybridized carbons (Fsp3) is 0.278. The number of hydrogen-bond acceptors (Lipinski definition) is 0. The maximum absolute atomic E-state index is 2.30. The van der Waals surface area contributed by atoms with E-state index in [4.69, 9.17) is 0 Å². The van der Waals surface area contributed by atoms with E-state index in [1.165, 1.54) is 28.4 Å². The van der Waals surface area contributed by atoms with Crippen molar-refractivity contribution in [1.29, 1.82) is 0 Å². The van der Waals surface area contributed by atoms with Crippen LogP contribution in [0.25, 0.3) is 10.8 Å². The zero-order chi connectivity index (χ0) is 14.4. The van der Waals surface area contributed by atoms with Gasteiger partial charge < -0.3 is 24.8 Å². The van der Waals surface area contributed by atoms with Gasteiger partial charge in [0.2, 0.25) is 0 Å². The Morgan fingerprint density at radius 2 is 1.64 bits per heavy atom. The van der Waals surface area contributed by atoms with Crippen molar-refractivity contribution in [2.75, 3.05) is 0 Å². The second-order valence-electron chi connectivity index (χ2n) is 5.02. The van der Waals surface area contributed by atoms with E-state index in [0.29, 0.717) is 5.92 Å². The van der Waals surface area contributed by atoms with Crippen molar-refractivity contribution in [1.82, 2.24) is 0 Å². The van der Waals surface area contributed by atoms with Gasteiger partial charge in [0, 0.05) is 5.92 Å². The Balaban J connectivity index is 0.000000486. The molecule has 0 unspecified atom stereocenters. The van der Waals surface area contributed by atoms with Gasteiger partial charge in [-0.05, 0) is 0 Å². The molecular weight excluding hydrogens is 406 g/mol. The first-order valence-electron chi connectivity index (χ1n) is 7.31. The summed E-state index contributed by atoms with van der Waals surface area (Å²) < 4.78 is 0. The minimum absolute atomic E-state index is 0. The van der Waals surface area contributed by atoms with Crippen LogP contribution in [0.2, 0.25) is 12.1 Å². The Bertz CT molecular complexity index is 592. The van der Waals surface area contributed by atoms with Crippen LogP contribution >= 0.6 is 0 Å². The van der Waals surface area contributed by atoms with E-state index >= 15 is 0 Å². The monoisotopic (exact) mass is 425 g/mol. The van der Waals surface area contributed by atoms with Crippen molar-refractivity contribution in [3.05, 3.63) is 66.3 Å². The van der Waals surface area contributed by atoms with Gasteiger partial charge in [-0.3, -0.25) is 0 Å². The summed E-state index contributed by atoms with van der Waals surface area (Å²) in [7, 11) is 0. The summed E-state index contributed by atoms with van der Waals surface area (Å²) in [4.78, 5) is 0. The van der Waals surface area contributed by atoms with Gasteiger partial charge in [-0.15, -0.1) is 40.6 Å². The van der Waals surface area contributed by atoms with Crippen molar-refractivity contribution >= 4 is 16.2 Å². The summed E-state index contributed by atoms with van der Waals surface area (Å²) in [5.41, 5.74) is 1.62. The van der Waals surface area contributed by atoms with Crippen LogP contribution in [-0.4, -0.2) is 5.43 Å². The first-order chi connectivity index (χ1) is 9.74. The average Bonchev–Trinajstić information content (AvgIpc) is 3.15. The Labute approximate surface area is 161 Å². The molecule has 0 nitrogen and oxygen atoms in total. The summed E-state index contributed by atoms with van der Waals surface area (Å²) in [5.74, 6) is 0.488.